The highest BCUT2D eigenvalue weighted by Crippen LogP contribution is 2.35. The van der Waals surface area contributed by atoms with Crippen molar-refractivity contribution in [3.05, 3.63) is 52.0 Å². The fraction of sp³-hybridized carbons (Fsp3) is 0.0714. The largest absolute Gasteiger partial charge is 0.399 e. The molecule has 2 nitrogen and oxygen atoms in total. The van der Waals surface area contributed by atoms with Crippen LogP contribution in [0.4, 0.5) is 5.69 Å². The van der Waals surface area contributed by atoms with Gasteiger partial charge in [-0.15, -0.1) is 11.3 Å². The van der Waals surface area contributed by atoms with Crippen molar-refractivity contribution in [2.24, 2.45) is 0 Å². The molecule has 102 valence electrons. The van der Waals surface area contributed by atoms with Crippen molar-refractivity contribution >= 4 is 62.2 Å². The van der Waals surface area contributed by atoms with Gasteiger partial charge in [0.15, 0.2) is 4.34 Å². The van der Waals surface area contributed by atoms with Gasteiger partial charge in [-0.25, -0.2) is 4.98 Å². The summed E-state index contributed by atoms with van der Waals surface area (Å²) in [7, 11) is 0. The molecule has 0 aliphatic carbocycles. The summed E-state index contributed by atoms with van der Waals surface area (Å²) < 4.78 is 2.10. The number of thiazole rings is 1. The molecule has 0 atom stereocenters. The number of aromatic nitrogens is 1. The Morgan fingerprint density at radius 2 is 2.05 bits per heavy atom. The smallest absolute Gasteiger partial charge is 0.151 e. The Kier molecular flexibility index (Phi) is 4.08. The van der Waals surface area contributed by atoms with E-state index in [1.165, 1.54) is 0 Å². The topological polar surface area (TPSA) is 38.9 Å². The molecule has 0 saturated carbocycles. The van der Waals surface area contributed by atoms with E-state index >= 15 is 0 Å². The van der Waals surface area contributed by atoms with Crippen molar-refractivity contribution in [3.8, 4) is 0 Å². The fourth-order valence-electron chi connectivity index (χ4n) is 1.78. The van der Waals surface area contributed by atoms with Gasteiger partial charge in [-0.2, -0.15) is 0 Å². The third-order valence-corrected chi connectivity index (χ3v) is 5.84. The molecule has 20 heavy (non-hydrogen) atoms. The summed E-state index contributed by atoms with van der Waals surface area (Å²) in [5.74, 6) is 0.745. The van der Waals surface area contributed by atoms with E-state index in [-0.39, 0.29) is 0 Å². The minimum atomic E-state index is 0.585. The van der Waals surface area contributed by atoms with Crippen LogP contribution in [-0.4, -0.2) is 4.98 Å². The molecule has 0 radical (unpaired) electrons. The van der Waals surface area contributed by atoms with Crippen LogP contribution in [0.1, 0.15) is 5.56 Å². The molecule has 0 fully saturated rings. The molecular formula is C14H10Cl2N2S2. The molecule has 3 rings (SSSR count). The number of nitrogen functional groups attached to an aromatic ring is 1. The maximum Gasteiger partial charge on any atom is 0.151 e. The first-order valence-corrected chi connectivity index (χ1v) is 8.41. The van der Waals surface area contributed by atoms with E-state index in [4.69, 9.17) is 28.9 Å². The lowest BCUT2D eigenvalue weighted by Gasteiger charge is -2.03. The van der Waals surface area contributed by atoms with Gasteiger partial charge < -0.3 is 5.73 Å². The van der Waals surface area contributed by atoms with Crippen LogP contribution in [0.15, 0.2) is 40.7 Å². The Balaban J connectivity index is 1.81. The standard InChI is InChI=1S/C14H10Cl2N2S2/c15-10-3-1-2-8(13(10)16)7-19-14-18-11-5-4-9(17)6-12(11)20-14/h1-6H,7,17H2. The average Bonchev–Trinajstić information content (AvgIpc) is 2.82. The van der Waals surface area contributed by atoms with Gasteiger partial charge in [0.25, 0.3) is 0 Å². The molecule has 0 amide bonds. The molecule has 0 unspecified atom stereocenters. The predicted molar refractivity (Wildman–Crippen MR) is 90.1 cm³/mol. The van der Waals surface area contributed by atoms with Crippen LogP contribution in [-0.2, 0) is 5.75 Å². The summed E-state index contributed by atoms with van der Waals surface area (Å²) in [5, 5.41) is 1.20. The number of nitrogens with zero attached hydrogens (tertiary/aromatic N) is 1. The van der Waals surface area contributed by atoms with Gasteiger partial charge in [0, 0.05) is 11.4 Å². The second kappa shape index (κ2) is 5.82. The van der Waals surface area contributed by atoms with E-state index < -0.39 is 0 Å². The maximum absolute atomic E-state index is 6.18. The summed E-state index contributed by atoms with van der Waals surface area (Å²) in [6, 6.07) is 11.4. The van der Waals surface area contributed by atoms with Gasteiger partial charge in [-0.05, 0) is 29.8 Å². The molecule has 0 spiro atoms. The average molecular weight is 341 g/mol. The second-order valence-electron chi connectivity index (χ2n) is 4.21. The molecule has 0 saturated heterocycles. The summed E-state index contributed by atoms with van der Waals surface area (Å²) in [6.45, 7) is 0. The van der Waals surface area contributed by atoms with Crippen LogP contribution in [0.5, 0.6) is 0 Å². The number of anilines is 1. The van der Waals surface area contributed by atoms with Gasteiger partial charge >= 0.3 is 0 Å². The van der Waals surface area contributed by atoms with Gasteiger partial charge in [-0.1, -0.05) is 47.1 Å². The normalized spacial score (nSPS) is 11.1. The third-order valence-electron chi connectivity index (χ3n) is 2.78. The number of halogens is 2. The van der Waals surface area contributed by atoms with E-state index in [9.17, 15) is 0 Å². The molecule has 2 N–H and O–H groups in total. The second-order valence-corrected chi connectivity index (χ2v) is 7.25. The van der Waals surface area contributed by atoms with Crippen molar-refractivity contribution in [1.82, 2.24) is 4.98 Å². The van der Waals surface area contributed by atoms with E-state index in [0.29, 0.717) is 10.0 Å². The Morgan fingerprint density at radius 3 is 2.90 bits per heavy atom. The first-order valence-electron chi connectivity index (χ1n) is 5.85. The van der Waals surface area contributed by atoms with Crippen molar-refractivity contribution in [2.45, 2.75) is 10.1 Å². The van der Waals surface area contributed by atoms with Crippen molar-refractivity contribution in [3.63, 3.8) is 0 Å². The zero-order valence-corrected chi connectivity index (χ0v) is 13.4. The van der Waals surface area contributed by atoms with Crippen molar-refractivity contribution in [2.75, 3.05) is 5.73 Å². The van der Waals surface area contributed by atoms with Gasteiger partial charge in [0.1, 0.15) is 0 Å². The Hall–Kier alpha value is -0.940. The van der Waals surface area contributed by atoms with E-state index in [1.54, 1.807) is 29.2 Å². The summed E-state index contributed by atoms with van der Waals surface area (Å²) in [6.07, 6.45) is 0. The van der Waals surface area contributed by atoms with Crippen molar-refractivity contribution in [1.29, 1.82) is 0 Å². The number of nitrogens with two attached hydrogens (primary N) is 1. The SMILES string of the molecule is Nc1ccc2nc(SCc3cccc(Cl)c3Cl)sc2c1. The zero-order valence-electron chi connectivity index (χ0n) is 10.3. The molecule has 1 heterocycles. The van der Waals surface area contributed by atoms with Gasteiger partial charge in [-0.3, -0.25) is 0 Å². The van der Waals surface area contributed by atoms with Crippen LogP contribution < -0.4 is 5.73 Å². The minimum Gasteiger partial charge on any atom is -0.399 e. The van der Waals surface area contributed by atoms with E-state index in [0.717, 1.165) is 31.6 Å². The molecule has 0 aliphatic rings. The highest BCUT2D eigenvalue weighted by atomic mass is 35.5. The van der Waals surface area contributed by atoms with Crippen LogP contribution in [0, 0.1) is 0 Å². The van der Waals surface area contributed by atoms with Crippen LogP contribution in [0.3, 0.4) is 0 Å². The predicted octanol–water partition coefficient (Wildman–Crippen LogP) is 5.48. The molecule has 3 aromatic rings. The number of thioether (sulfide) groups is 1. The monoisotopic (exact) mass is 340 g/mol. The molecule has 2 aromatic carbocycles. The first-order chi connectivity index (χ1) is 9.63. The number of benzene rings is 2. The lowest BCUT2D eigenvalue weighted by atomic mass is 10.2. The summed E-state index contributed by atoms with van der Waals surface area (Å²) in [5.41, 5.74) is 8.53. The first kappa shape index (κ1) is 14.0. The highest BCUT2D eigenvalue weighted by Gasteiger charge is 2.08. The maximum atomic E-state index is 6.18. The molecule has 6 heteroatoms. The van der Waals surface area contributed by atoms with Crippen LogP contribution in [0.2, 0.25) is 10.0 Å². The van der Waals surface area contributed by atoms with Gasteiger partial charge in [0.2, 0.25) is 0 Å². The van der Waals surface area contributed by atoms with Crippen LogP contribution in [0.25, 0.3) is 10.2 Å². The number of hydrogen-bond donors (Lipinski definition) is 1. The van der Waals surface area contributed by atoms with Crippen molar-refractivity contribution < 1.29 is 0 Å². The Bertz CT molecular complexity index is 771. The fourth-order valence-corrected chi connectivity index (χ4v) is 4.36. The lowest BCUT2D eigenvalue weighted by molar-refractivity contribution is 1.29. The van der Waals surface area contributed by atoms with E-state index in [1.807, 2.05) is 30.3 Å². The Morgan fingerprint density at radius 1 is 1.20 bits per heavy atom. The summed E-state index contributed by atoms with van der Waals surface area (Å²) in [4.78, 5) is 4.57. The molecule has 0 aliphatic heterocycles. The molecular weight excluding hydrogens is 331 g/mol. The summed E-state index contributed by atoms with van der Waals surface area (Å²) >= 11 is 15.5. The zero-order chi connectivity index (χ0) is 14.1. The molecule has 0 bridgehead atoms. The number of hydrogen-bond acceptors (Lipinski definition) is 4. The van der Waals surface area contributed by atoms with E-state index in [2.05, 4.69) is 4.98 Å². The number of rotatable bonds is 3. The number of fused-ring (bicyclic) bond motifs is 1. The minimum absolute atomic E-state index is 0.585. The van der Waals surface area contributed by atoms with Crippen LogP contribution >= 0.6 is 46.3 Å². The Labute approximate surface area is 134 Å². The highest BCUT2D eigenvalue weighted by molar-refractivity contribution is 8.00. The molecule has 1 aromatic heterocycles. The quantitative estimate of drug-likeness (QED) is 0.507. The van der Waals surface area contributed by atoms with Gasteiger partial charge in [0.05, 0.1) is 20.3 Å². The third kappa shape index (κ3) is 2.88. The lowest BCUT2D eigenvalue weighted by Crippen LogP contribution is -1.83.